The summed E-state index contributed by atoms with van der Waals surface area (Å²) >= 11 is 0. The molecule has 33 heavy (non-hydrogen) atoms. The van der Waals surface area contributed by atoms with Crippen LogP contribution in [-0.4, -0.2) is 25.0 Å². The quantitative estimate of drug-likeness (QED) is 0.368. The lowest BCUT2D eigenvalue weighted by Gasteiger charge is -2.12. The van der Waals surface area contributed by atoms with E-state index in [1.165, 1.54) is 0 Å². The summed E-state index contributed by atoms with van der Waals surface area (Å²) < 4.78 is 9.11. The van der Waals surface area contributed by atoms with Gasteiger partial charge in [-0.25, -0.2) is 0 Å². The molecule has 0 saturated carbocycles. The molecule has 0 unspecified atom stereocenters. The van der Waals surface area contributed by atoms with Crippen LogP contribution in [0.25, 0.3) is 0 Å². The van der Waals surface area contributed by atoms with Crippen molar-refractivity contribution in [2.45, 2.75) is 98.1 Å². The molecule has 0 spiro atoms. The van der Waals surface area contributed by atoms with Crippen LogP contribution < -0.4 is 11.1 Å². The summed E-state index contributed by atoms with van der Waals surface area (Å²) in [6.45, 7) is 9.46. The van der Waals surface area contributed by atoms with E-state index in [4.69, 9.17) is 4.42 Å². The fourth-order valence-corrected chi connectivity index (χ4v) is 4.51. The minimum absolute atomic E-state index is 0. The molecule has 0 fully saturated rings. The summed E-state index contributed by atoms with van der Waals surface area (Å²) in [6, 6.07) is 3.65. The average molecular weight is 461 g/mol. The SMILES string of the molecule is CCCCCCn1[nH]c(C)c(C(c2ccco2)c2c(C)[nH]n(CCCCCC)c2=O)c1=O.O. The smallest absolute Gasteiger partial charge is 0.271 e. The molecule has 0 aliphatic heterocycles. The molecule has 3 rings (SSSR count). The first-order valence-corrected chi connectivity index (χ1v) is 12.1. The highest BCUT2D eigenvalue weighted by Gasteiger charge is 2.32. The van der Waals surface area contributed by atoms with Crippen molar-refractivity contribution in [1.29, 1.82) is 0 Å². The molecule has 0 bridgehead atoms. The maximum absolute atomic E-state index is 13.4. The van der Waals surface area contributed by atoms with Gasteiger partial charge in [-0.2, -0.15) is 0 Å². The van der Waals surface area contributed by atoms with E-state index in [0.29, 0.717) is 30.0 Å². The Morgan fingerprint density at radius 1 is 0.818 bits per heavy atom. The first-order chi connectivity index (χ1) is 15.5. The van der Waals surface area contributed by atoms with Gasteiger partial charge in [0.25, 0.3) is 11.1 Å². The predicted octanol–water partition coefficient (Wildman–Crippen LogP) is 4.39. The van der Waals surface area contributed by atoms with Crippen LogP contribution in [0.1, 0.15) is 99.4 Å². The lowest BCUT2D eigenvalue weighted by molar-refractivity contribution is 0.498. The second-order valence-corrected chi connectivity index (χ2v) is 8.78. The van der Waals surface area contributed by atoms with Crippen LogP contribution in [0.5, 0.6) is 0 Å². The van der Waals surface area contributed by atoms with Gasteiger partial charge in [-0.1, -0.05) is 52.4 Å². The Balaban J connectivity index is 0.00000385. The topological polar surface area (TPSA) is 120 Å². The van der Waals surface area contributed by atoms with E-state index in [9.17, 15) is 9.59 Å². The van der Waals surface area contributed by atoms with Crippen molar-refractivity contribution in [2.75, 3.05) is 0 Å². The van der Waals surface area contributed by atoms with E-state index < -0.39 is 5.92 Å². The summed E-state index contributed by atoms with van der Waals surface area (Å²) in [7, 11) is 0. The van der Waals surface area contributed by atoms with Gasteiger partial charge in [0.15, 0.2) is 0 Å². The molecule has 0 aromatic carbocycles. The third kappa shape index (κ3) is 5.99. The maximum atomic E-state index is 13.4. The van der Waals surface area contributed by atoms with Crippen molar-refractivity contribution in [3.63, 3.8) is 0 Å². The number of furan rings is 1. The third-order valence-corrected chi connectivity index (χ3v) is 6.24. The maximum Gasteiger partial charge on any atom is 0.271 e. The van der Waals surface area contributed by atoms with Gasteiger partial charge in [0.05, 0.1) is 23.3 Å². The molecule has 3 aromatic rings. The Labute approximate surface area is 195 Å². The van der Waals surface area contributed by atoms with Crippen LogP contribution in [0.2, 0.25) is 0 Å². The Morgan fingerprint density at radius 2 is 1.30 bits per heavy atom. The molecule has 0 radical (unpaired) electrons. The van der Waals surface area contributed by atoms with E-state index in [1.807, 2.05) is 19.9 Å². The Morgan fingerprint density at radius 3 is 1.70 bits per heavy atom. The summed E-state index contributed by atoms with van der Waals surface area (Å²) in [5.74, 6) is 0.0750. The van der Waals surface area contributed by atoms with Crippen LogP contribution in [0.3, 0.4) is 0 Å². The molecule has 8 nitrogen and oxygen atoms in total. The lowest BCUT2D eigenvalue weighted by atomic mass is 9.89. The molecule has 8 heteroatoms. The molecule has 3 heterocycles. The van der Waals surface area contributed by atoms with Gasteiger partial charge in [-0.15, -0.1) is 0 Å². The van der Waals surface area contributed by atoms with Crippen molar-refractivity contribution < 1.29 is 9.89 Å². The van der Waals surface area contributed by atoms with Gasteiger partial charge in [0.2, 0.25) is 0 Å². The molecule has 0 amide bonds. The molecule has 184 valence electrons. The second-order valence-electron chi connectivity index (χ2n) is 8.78. The molecule has 0 saturated heterocycles. The molecule has 3 aromatic heterocycles. The number of aromatic nitrogens is 4. The molecule has 0 aliphatic carbocycles. The number of H-pyrrole nitrogens is 2. The Kier molecular flexibility index (Phi) is 10.0. The molecule has 0 atom stereocenters. The first-order valence-electron chi connectivity index (χ1n) is 12.1. The second kappa shape index (κ2) is 12.5. The Hall–Kier alpha value is -2.74. The van der Waals surface area contributed by atoms with E-state index in [2.05, 4.69) is 24.0 Å². The molecular formula is C25H40N4O4. The molecular weight excluding hydrogens is 420 g/mol. The standard InChI is InChI=1S/C25H38N4O3.H2O/c1-5-7-9-11-15-28-24(30)21(18(3)26-28)23(20-14-13-17-32-20)22-19(4)27-29(25(22)31)16-12-10-8-6-2;/h13-14,17,23,26-27H,5-12,15-16H2,1-4H3;1H2. The van der Waals surface area contributed by atoms with Crippen molar-refractivity contribution >= 4 is 0 Å². The fourth-order valence-electron chi connectivity index (χ4n) is 4.51. The number of rotatable bonds is 13. The average Bonchev–Trinajstić information content (AvgIpc) is 3.46. The number of nitrogens with one attached hydrogen (secondary N) is 2. The van der Waals surface area contributed by atoms with Gasteiger partial charge in [0, 0.05) is 24.5 Å². The van der Waals surface area contributed by atoms with E-state index >= 15 is 0 Å². The zero-order valence-corrected chi connectivity index (χ0v) is 20.5. The lowest BCUT2D eigenvalue weighted by Crippen LogP contribution is -2.26. The summed E-state index contributed by atoms with van der Waals surface area (Å²) in [5, 5.41) is 6.48. The molecule has 4 N–H and O–H groups in total. The van der Waals surface area contributed by atoms with Crippen molar-refractivity contribution in [2.24, 2.45) is 0 Å². The fraction of sp³-hybridized carbons (Fsp3) is 0.600. The first kappa shape index (κ1) is 26.5. The monoisotopic (exact) mass is 460 g/mol. The van der Waals surface area contributed by atoms with Gasteiger partial charge in [-0.05, 0) is 38.8 Å². The van der Waals surface area contributed by atoms with Gasteiger partial charge >= 0.3 is 0 Å². The van der Waals surface area contributed by atoms with Crippen LogP contribution in [-0.2, 0) is 13.1 Å². The van der Waals surface area contributed by atoms with E-state index in [-0.39, 0.29) is 16.6 Å². The Bertz CT molecular complexity index is 1010. The van der Waals surface area contributed by atoms with Gasteiger partial charge in [-0.3, -0.25) is 29.2 Å². The van der Waals surface area contributed by atoms with Crippen molar-refractivity contribution in [3.05, 3.63) is 67.4 Å². The number of unbranched alkanes of at least 4 members (excludes halogenated alkanes) is 6. The van der Waals surface area contributed by atoms with Crippen LogP contribution in [0.15, 0.2) is 32.4 Å². The van der Waals surface area contributed by atoms with Crippen LogP contribution in [0.4, 0.5) is 0 Å². The third-order valence-electron chi connectivity index (χ3n) is 6.24. The minimum Gasteiger partial charge on any atom is -0.468 e. The number of aromatic amines is 2. The number of hydrogen-bond acceptors (Lipinski definition) is 3. The summed E-state index contributed by atoms with van der Waals surface area (Å²) in [5.41, 5.74) is 2.59. The number of hydrogen-bond donors (Lipinski definition) is 2. The van der Waals surface area contributed by atoms with Crippen molar-refractivity contribution in [3.8, 4) is 0 Å². The normalized spacial score (nSPS) is 11.3. The zero-order valence-electron chi connectivity index (χ0n) is 20.5. The molecule has 0 aliphatic rings. The largest absolute Gasteiger partial charge is 0.468 e. The highest BCUT2D eigenvalue weighted by Crippen LogP contribution is 2.31. The van der Waals surface area contributed by atoms with Gasteiger partial charge in [0.1, 0.15) is 5.76 Å². The zero-order chi connectivity index (χ0) is 23.1. The van der Waals surface area contributed by atoms with E-state index in [0.717, 1.165) is 62.8 Å². The summed E-state index contributed by atoms with van der Waals surface area (Å²) in [4.78, 5) is 26.8. The van der Waals surface area contributed by atoms with Crippen molar-refractivity contribution in [1.82, 2.24) is 19.6 Å². The van der Waals surface area contributed by atoms with Gasteiger partial charge < -0.3 is 9.89 Å². The highest BCUT2D eigenvalue weighted by atomic mass is 16.3. The van der Waals surface area contributed by atoms with Crippen LogP contribution >= 0.6 is 0 Å². The highest BCUT2D eigenvalue weighted by molar-refractivity contribution is 5.41. The minimum atomic E-state index is -0.536. The number of aryl methyl sites for hydroxylation is 4. The predicted molar refractivity (Wildman–Crippen MR) is 131 cm³/mol. The summed E-state index contributed by atoms with van der Waals surface area (Å²) in [6.07, 6.45) is 10.3. The number of nitrogens with zero attached hydrogens (tertiary/aromatic N) is 2. The van der Waals surface area contributed by atoms with Crippen LogP contribution in [0, 0.1) is 13.8 Å². The van der Waals surface area contributed by atoms with E-state index in [1.54, 1.807) is 21.7 Å².